The maximum Gasteiger partial charge on any atom is 0.264 e. The summed E-state index contributed by atoms with van der Waals surface area (Å²) in [5.74, 6) is 0.303. The van der Waals surface area contributed by atoms with Crippen LogP contribution >= 0.6 is 11.3 Å². The molecule has 2 rings (SSSR count). The van der Waals surface area contributed by atoms with Crippen molar-refractivity contribution in [1.82, 2.24) is 4.98 Å². The van der Waals surface area contributed by atoms with E-state index in [1.807, 2.05) is 32.0 Å². The SMILES string of the molecule is CC(=O)c1sc(NC(=O)COc2cc(C)cc(C)c2)nc1C. The average Bonchev–Trinajstić information content (AvgIpc) is 2.76. The number of benzene rings is 1. The fraction of sp³-hybridized carbons (Fsp3) is 0.312. The Labute approximate surface area is 133 Å². The van der Waals surface area contributed by atoms with Crippen LogP contribution in [-0.2, 0) is 4.79 Å². The lowest BCUT2D eigenvalue weighted by atomic mass is 10.1. The number of hydrogen-bond acceptors (Lipinski definition) is 5. The summed E-state index contributed by atoms with van der Waals surface area (Å²) in [5.41, 5.74) is 2.79. The van der Waals surface area contributed by atoms with Gasteiger partial charge in [0.1, 0.15) is 5.75 Å². The second kappa shape index (κ2) is 6.70. The summed E-state index contributed by atoms with van der Waals surface area (Å²) in [6.07, 6.45) is 0. The van der Waals surface area contributed by atoms with E-state index in [4.69, 9.17) is 4.74 Å². The van der Waals surface area contributed by atoms with E-state index in [1.165, 1.54) is 18.3 Å². The highest BCUT2D eigenvalue weighted by molar-refractivity contribution is 7.17. The number of ether oxygens (including phenoxy) is 1. The summed E-state index contributed by atoms with van der Waals surface area (Å²) < 4.78 is 5.48. The summed E-state index contributed by atoms with van der Waals surface area (Å²) in [6, 6.07) is 5.79. The smallest absolute Gasteiger partial charge is 0.264 e. The first-order valence-electron chi connectivity index (χ1n) is 6.84. The second-order valence-electron chi connectivity index (χ2n) is 5.15. The molecule has 1 aromatic carbocycles. The van der Waals surface area contributed by atoms with Crippen LogP contribution in [0, 0.1) is 20.8 Å². The molecule has 22 heavy (non-hydrogen) atoms. The number of aromatic nitrogens is 1. The lowest BCUT2D eigenvalue weighted by molar-refractivity contribution is -0.118. The summed E-state index contributed by atoms with van der Waals surface area (Å²) in [6.45, 7) is 7.07. The Kier molecular flexibility index (Phi) is 4.92. The van der Waals surface area contributed by atoms with Crippen LogP contribution in [0.25, 0.3) is 0 Å². The second-order valence-corrected chi connectivity index (χ2v) is 6.15. The van der Waals surface area contributed by atoms with Gasteiger partial charge in [0.05, 0.1) is 10.6 Å². The number of rotatable bonds is 5. The molecule has 0 unspecified atom stereocenters. The number of carbonyl (C=O) groups is 2. The van der Waals surface area contributed by atoms with E-state index in [0.29, 0.717) is 21.5 Å². The molecule has 0 radical (unpaired) electrons. The van der Waals surface area contributed by atoms with Crippen molar-refractivity contribution in [3.8, 4) is 5.75 Å². The quantitative estimate of drug-likeness (QED) is 0.859. The van der Waals surface area contributed by atoms with Crippen LogP contribution in [0.3, 0.4) is 0 Å². The molecule has 6 heteroatoms. The molecule has 0 saturated carbocycles. The largest absolute Gasteiger partial charge is 0.484 e. The van der Waals surface area contributed by atoms with Crippen molar-refractivity contribution in [2.24, 2.45) is 0 Å². The van der Waals surface area contributed by atoms with Crippen LogP contribution in [0.2, 0.25) is 0 Å². The zero-order valence-electron chi connectivity index (χ0n) is 13.0. The first kappa shape index (κ1) is 16.2. The zero-order chi connectivity index (χ0) is 16.3. The van der Waals surface area contributed by atoms with Crippen molar-refractivity contribution < 1.29 is 14.3 Å². The number of nitrogens with one attached hydrogen (secondary N) is 1. The molecule has 116 valence electrons. The topological polar surface area (TPSA) is 68.3 Å². The number of amides is 1. The maximum atomic E-state index is 11.9. The van der Waals surface area contributed by atoms with Gasteiger partial charge in [-0.05, 0) is 44.0 Å². The number of hydrogen-bond donors (Lipinski definition) is 1. The fourth-order valence-corrected chi connectivity index (χ4v) is 2.97. The lowest BCUT2D eigenvalue weighted by Gasteiger charge is -2.07. The number of carbonyl (C=O) groups excluding carboxylic acids is 2. The molecule has 0 spiro atoms. The van der Waals surface area contributed by atoms with E-state index in [1.54, 1.807) is 6.92 Å². The highest BCUT2D eigenvalue weighted by Crippen LogP contribution is 2.23. The van der Waals surface area contributed by atoms with Gasteiger partial charge in [-0.1, -0.05) is 17.4 Å². The van der Waals surface area contributed by atoms with Crippen LogP contribution in [0.15, 0.2) is 18.2 Å². The Hall–Kier alpha value is -2.21. The normalized spacial score (nSPS) is 10.4. The Bertz CT molecular complexity index is 702. The molecule has 0 atom stereocenters. The van der Waals surface area contributed by atoms with Crippen LogP contribution in [0.5, 0.6) is 5.75 Å². The van der Waals surface area contributed by atoms with Crippen molar-refractivity contribution in [1.29, 1.82) is 0 Å². The van der Waals surface area contributed by atoms with Gasteiger partial charge in [-0.25, -0.2) is 4.98 Å². The van der Waals surface area contributed by atoms with Crippen molar-refractivity contribution >= 4 is 28.2 Å². The fourth-order valence-electron chi connectivity index (χ4n) is 2.10. The van der Waals surface area contributed by atoms with Gasteiger partial charge in [0.25, 0.3) is 5.91 Å². The monoisotopic (exact) mass is 318 g/mol. The third-order valence-corrected chi connectivity index (χ3v) is 4.10. The number of thiazole rings is 1. The van der Waals surface area contributed by atoms with Crippen LogP contribution in [-0.4, -0.2) is 23.3 Å². The predicted molar refractivity (Wildman–Crippen MR) is 86.9 cm³/mol. The summed E-state index contributed by atoms with van der Waals surface area (Å²) in [7, 11) is 0. The van der Waals surface area contributed by atoms with Crippen LogP contribution in [0.4, 0.5) is 5.13 Å². The van der Waals surface area contributed by atoms with E-state index < -0.39 is 0 Å². The molecule has 1 heterocycles. The number of anilines is 1. The Morgan fingerprint density at radius 1 is 1.18 bits per heavy atom. The van der Waals surface area contributed by atoms with Crippen molar-refractivity contribution in [2.75, 3.05) is 11.9 Å². The number of ketones is 1. The highest BCUT2D eigenvalue weighted by atomic mass is 32.1. The Morgan fingerprint density at radius 2 is 1.82 bits per heavy atom. The average molecular weight is 318 g/mol. The van der Waals surface area contributed by atoms with Gasteiger partial charge < -0.3 is 4.74 Å². The number of Topliss-reactive ketones (excluding diaryl/α,β-unsaturated/α-hetero) is 1. The predicted octanol–water partition coefficient (Wildman–Crippen LogP) is 3.29. The molecule has 0 aliphatic carbocycles. The van der Waals surface area contributed by atoms with E-state index in [0.717, 1.165) is 11.1 Å². The molecular weight excluding hydrogens is 300 g/mol. The molecule has 0 aliphatic rings. The summed E-state index contributed by atoms with van der Waals surface area (Å²) >= 11 is 1.17. The number of aryl methyl sites for hydroxylation is 3. The maximum absolute atomic E-state index is 11.9. The van der Waals surface area contributed by atoms with E-state index in [9.17, 15) is 9.59 Å². The molecule has 1 amide bonds. The van der Waals surface area contributed by atoms with Crippen LogP contribution < -0.4 is 10.1 Å². The number of nitrogens with zero attached hydrogens (tertiary/aromatic N) is 1. The molecule has 0 bridgehead atoms. The third-order valence-electron chi connectivity index (χ3n) is 2.93. The highest BCUT2D eigenvalue weighted by Gasteiger charge is 2.13. The van der Waals surface area contributed by atoms with Gasteiger partial charge in [0, 0.05) is 6.92 Å². The van der Waals surface area contributed by atoms with E-state index >= 15 is 0 Å². The van der Waals surface area contributed by atoms with Gasteiger partial charge in [0.2, 0.25) is 0 Å². The molecule has 1 N–H and O–H groups in total. The van der Waals surface area contributed by atoms with Crippen molar-refractivity contribution in [2.45, 2.75) is 27.7 Å². The first-order valence-corrected chi connectivity index (χ1v) is 7.66. The van der Waals surface area contributed by atoms with Crippen LogP contribution in [0.1, 0.15) is 33.4 Å². The minimum absolute atomic E-state index is 0.0537. The molecule has 2 aromatic rings. The van der Waals surface area contributed by atoms with Crippen molar-refractivity contribution in [3.05, 3.63) is 39.9 Å². The Balaban J connectivity index is 1.95. The molecule has 1 aromatic heterocycles. The molecule has 0 fully saturated rings. The van der Waals surface area contributed by atoms with E-state index in [-0.39, 0.29) is 18.3 Å². The standard InChI is InChI=1S/C16H18N2O3S/c1-9-5-10(2)7-13(6-9)21-8-14(20)18-16-17-11(3)15(22-16)12(4)19/h5-7H,8H2,1-4H3,(H,17,18,20). The molecular formula is C16H18N2O3S. The van der Waals surface area contributed by atoms with Gasteiger partial charge in [0.15, 0.2) is 17.5 Å². The van der Waals surface area contributed by atoms with Crippen molar-refractivity contribution in [3.63, 3.8) is 0 Å². The molecule has 0 saturated heterocycles. The minimum atomic E-state index is -0.303. The first-order chi connectivity index (χ1) is 10.3. The molecule has 5 nitrogen and oxygen atoms in total. The minimum Gasteiger partial charge on any atom is -0.484 e. The third kappa shape index (κ3) is 4.14. The van der Waals surface area contributed by atoms with E-state index in [2.05, 4.69) is 10.3 Å². The lowest BCUT2D eigenvalue weighted by Crippen LogP contribution is -2.20. The molecule has 0 aliphatic heterocycles. The van der Waals surface area contributed by atoms with Gasteiger partial charge >= 0.3 is 0 Å². The van der Waals surface area contributed by atoms with Gasteiger partial charge in [-0.2, -0.15) is 0 Å². The zero-order valence-corrected chi connectivity index (χ0v) is 13.8. The van der Waals surface area contributed by atoms with Gasteiger partial charge in [-0.15, -0.1) is 0 Å². The summed E-state index contributed by atoms with van der Waals surface area (Å²) in [4.78, 5) is 28.0. The Morgan fingerprint density at radius 3 is 2.36 bits per heavy atom. The van der Waals surface area contributed by atoms with Gasteiger partial charge in [-0.3, -0.25) is 14.9 Å². The summed E-state index contributed by atoms with van der Waals surface area (Å²) in [5, 5.41) is 3.06.